The second-order valence-corrected chi connectivity index (χ2v) is 16.9. The van der Waals surface area contributed by atoms with E-state index >= 15 is 0 Å². The second-order valence-electron chi connectivity index (χ2n) is 16.9. The van der Waals surface area contributed by atoms with E-state index in [0.717, 1.165) is 22.3 Å². The number of para-hydroxylation sites is 1. The van der Waals surface area contributed by atoms with Crippen LogP contribution in [0, 0.1) is 33.6 Å². The van der Waals surface area contributed by atoms with Gasteiger partial charge in [0.05, 0.1) is 31.9 Å². The molecule has 0 radical (unpaired) electrons. The van der Waals surface area contributed by atoms with E-state index in [1.165, 1.54) is 0 Å². The molecule has 0 fully saturated rings. The summed E-state index contributed by atoms with van der Waals surface area (Å²) in [5, 5.41) is 11.8. The van der Waals surface area contributed by atoms with Crippen molar-refractivity contribution >= 4 is 11.0 Å². The summed E-state index contributed by atoms with van der Waals surface area (Å²) in [4.78, 5) is 9.71. The molecule has 0 spiro atoms. The first kappa shape index (κ1) is 28.0. The molecule has 8 aromatic rings. The van der Waals surface area contributed by atoms with Crippen LogP contribution in [-0.2, 0) is 31.9 Å². The van der Waals surface area contributed by atoms with Crippen LogP contribution in [0.15, 0.2) is 127 Å². The third kappa shape index (κ3) is 8.21. The Morgan fingerprint density at radius 2 is 1.36 bits per heavy atom. The van der Waals surface area contributed by atoms with Crippen molar-refractivity contribution < 1.29 is 44.0 Å². The monoisotopic (exact) mass is 966 g/mol. The second kappa shape index (κ2) is 15.9. The van der Waals surface area contributed by atoms with Gasteiger partial charge in [0, 0.05) is 46.7 Å². The molecule has 2 heterocycles. The van der Waals surface area contributed by atoms with Crippen LogP contribution in [0.3, 0.4) is 0 Å². The summed E-state index contributed by atoms with van der Waals surface area (Å²) in [6.45, 7) is 10.6. The number of hydrogen-bond acceptors (Lipinski definition) is 3. The Bertz CT molecular complexity index is 3450. The molecular formula is C54H52N3OPt-. The van der Waals surface area contributed by atoms with Gasteiger partial charge in [-0.25, -0.2) is 4.98 Å². The van der Waals surface area contributed by atoms with Crippen LogP contribution in [0.25, 0.3) is 72.7 Å². The molecule has 59 heavy (non-hydrogen) atoms. The molecule has 6 aromatic carbocycles. The van der Waals surface area contributed by atoms with Gasteiger partial charge in [-0.3, -0.25) is 9.55 Å². The number of phenolic OH excluding ortho intramolecular Hbond substituents is 1. The maximum absolute atomic E-state index is 11.8. The Labute approximate surface area is 382 Å². The fourth-order valence-electron chi connectivity index (χ4n) is 7.27. The zero-order chi connectivity index (χ0) is 52.2. The molecule has 5 heteroatoms. The SMILES string of the molecule is [2H]c1nc(-c2[c-]c(-c3cccc4c3nc(-c3cc(C)cc(C)c3O)n4-c3ccc(C([2H])([2H])[2H])cc3-c3ccc(C(C)(C)C)cc3)cc(C(C)(C)C)c2)c([2H])c(-c2c([2H])c([2H])c(C([2H])([2H])[2H])c([2H])c2[2H])c1[2H].[Pt]. The zero-order valence-corrected chi connectivity index (χ0v) is 36.5. The van der Waals surface area contributed by atoms with Crippen molar-refractivity contribution in [3.05, 3.63) is 167 Å². The van der Waals surface area contributed by atoms with Gasteiger partial charge in [-0.1, -0.05) is 143 Å². The summed E-state index contributed by atoms with van der Waals surface area (Å²) in [7, 11) is 0. The number of aromatic hydroxyl groups is 1. The van der Waals surface area contributed by atoms with Crippen LogP contribution in [0.1, 0.15) is 92.7 Å². The summed E-state index contributed by atoms with van der Waals surface area (Å²) in [5.74, 6) is 0.378. The molecule has 0 saturated carbocycles. The number of nitrogens with zero attached hydrogens (tertiary/aromatic N) is 3. The smallest absolute Gasteiger partial charge is 0.148 e. The van der Waals surface area contributed by atoms with E-state index in [1.807, 2.05) is 92.9 Å². The molecular weight excluding hydrogens is 902 g/mol. The number of fused-ring (bicyclic) bond motifs is 1. The standard InChI is InChI=1S/C54H52N3O.Pt/c1-33-14-17-37(18-15-33)39-24-25-55-47(32-39)41-29-40(30-43(31-41)54(8,9)10)44-12-11-13-49-50(44)56-52(46-28-35(3)26-36(4)51(46)58)57(49)48-23-16-34(2)27-45(48)38-19-21-42(22-20-38)53(5,6)7;/h11-28,30-32,58H,1-10H3;/q-1;/i1D3,2D3,14D,15D,17D,18D,24D,25D,32D;. The van der Waals surface area contributed by atoms with Crippen LogP contribution in [0.4, 0.5) is 0 Å². The number of imidazole rings is 1. The molecule has 0 atom stereocenters. The van der Waals surface area contributed by atoms with Crippen LogP contribution in [-0.4, -0.2) is 19.6 Å². The molecule has 1 N–H and O–H groups in total. The van der Waals surface area contributed by atoms with E-state index in [0.29, 0.717) is 50.4 Å². The van der Waals surface area contributed by atoms with Crippen molar-refractivity contribution in [3.63, 3.8) is 0 Å². The Kier molecular flexibility index (Phi) is 7.54. The minimum atomic E-state index is -2.99. The van der Waals surface area contributed by atoms with E-state index in [2.05, 4.69) is 31.8 Å². The minimum Gasteiger partial charge on any atom is -0.507 e. The molecule has 0 aliphatic heterocycles. The number of aryl methyl sites for hydroxylation is 3. The van der Waals surface area contributed by atoms with Crippen LogP contribution < -0.4 is 0 Å². The molecule has 0 aliphatic carbocycles. The molecule has 8 rings (SSSR count). The Hall–Kier alpha value is -5.57. The Morgan fingerprint density at radius 1 is 0.661 bits per heavy atom. The first-order valence-electron chi connectivity index (χ1n) is 25.7. The van der Waals surface area contributed by atoms with Crippen LogP contribution in [0.5, 0.6) is 5.75 Å². The molecule has 0 amide bonds. The van der Waals surface area contributed by atoms with Gasteiger partial charge in [0.2, 0.25) is 0 Å². The van der Waals surface area contributed by atoms with E-state index in [-0.39, 0.29) is 49.1 Å². The van der Waals surface area contributed by atoms with Gasteiger partial charge in [0.1, 0.15) is 11.6 Å². The van der Waals surface area contributed by atoms with Crippen molar-refractivity contribution in [2.24, 2.45) is 0 Å². The topological polar surface area (TPSA) is 50.9 Å². The summed E-state index contributed by atoms with van der Waals surface area (Å²) >= 11 is 0. The average Bonchev–Trinajstić information content (AvgIpc) is 3.67. The molecule has 2 aromatic heterocycles. The molecule has 0 aliphatic rings. The number of pyridine rings is 1. The zero-order valence-electron chi connectivity index (χ0n) is 47.2. The predicted octanol–water partition coefficient (Wildman–Crippen LogP) is 14.1. The van der Waals surface area contributed by atoms with Gasteiger partial charge >= 0.3 is 0 Å². The van der Waals surface area contributed by atoms with Crippen molar-refractivity contribution in [1.29, 1.82) is 0 Å². The van der Waals surface area contributed by atoms with Gasteiger partial charge in [0.25, 0.3) is 0 Å². The third-order valence-electron chi connectivity index (χ3n) is 10.4. The van der Waals surface area contributed by atoms with Crippen molar-refractivity contribution in [2.75, 3.05) is 0 Å². The summed E-state index contributed by atoms with van der Waals surface area (Å²) < 4.78 is 113. The number of phenols is 1. The predicted molar refractivity (Wildman–Crippen MR) is 243 cm³/mol. The molecule has 4 nitrogen and oxygen atoms in total. The Morgan fingerprint density at radius 3 is 2.05 bits per heavy atom. The van der Waals surface area contributed by atoms with Crippen LogP contribution >= 0.6 is 0 Å². The first-order chi connectivity index (χ1) is 32.9. The average molecular weight is 967 g/mol. The van der Waals surface area contributed by atoms with Gasteiger partial charge < -0.3 is 5.11 Å². The fourth-order valence-corrected chi connectivity index (χ4v) is 7.27. The fraction of sp³-hybridized carbons (Fsp3) is 0.222. The molecule has 0 bridgehead atoms. The maximum atomic E-state index is 11.8. The summed E-state index contributed by atoms with van der Waals surface area (Å²) in [5.41, 5.74) is 5.69. The number of rotatable bonds is 6. The van der Waals surface area contributed by atoms with Gasteiger partial charge in [-0.2, -0.15) is 0 Å². The normalized spacial score (nSPS) is 15.4. The largest absolute Gasteiger partial charge is 0.507 e. The van der Waals surface area contributed by atoms with Gasteiger partial charge in [-0.15, -0.1) is 29.3 Å². The van der Waals surface area contributed by atoms with Gasteiger partial charge in [-0.05, 0) is 102 Å². The van der Waals surface area contributed by atoms with Crippen molar-refractivity contribution in [1.82, 2.24) is 14.5 Å². The van der Waals surface area contributed by atoms with Crippen molar-refractivity contribution in [3.8, 4) is 67.5 Å². The number of benzene rings is 6. The third-order valence-corrected chi connectivity index (χ3v) is 10.4. The van der Waals surface area contributed by atoms with E-state index in [4.69, 9.17) is 21.4 Å². The van der Waals surface area contributed by atoms with E-state index in [9.17, 15) is 6.48 Å². The van der Waals surface area contributed by atoms with E-state index < -0.39 is 78.2 Å². The Balaban J connectivity index is 0.00000760. The number of hydrogen-bond donors (Lipinski definition) is 1. The summed E-state index contributed by atoms with van der Waals surface area (Å²) in [6.07, 6.45) is -0.619. The minimum absolute atomic E-state index is 0. The molecule has 0 unspecified atom stereocenters. The van der Waals surface area contributed by atoms with E-state index in [1.54, 1.807) is 31.2 Å². The maximum Gasteiger partial charge on any atom is 0.148 e. The molecule has 0 saturated heterocycles. The van der Waals surface area contributed by atoms with Crippen LogP contribution in [0.2, 0.25) is 0 Å². The van der Waals surface area contributed by atoms with Crippen molar-refractivity contribution in [2.45, 2.75) is 79.9 Å². The summed E-state index contributed by atoms with van der Waals surface area (Å²) in [6, 6.07) is 25.1. The molecule has 300 valence electrons. The van der Waals surface area contributed by atoms with Gasteiger partial charge in [0.15, 0.2) is 0 Å². The number of aromatic nitrogens is 3. The first-order valence-corrected chi connectivity index (χ1v) is 19.2. The quantitative estimate of drug-likeness (QED) is 0.169.